The van der Waals surface area contributed by atoms with Crippen LogP contribution in [0, 0.1) is 5.92 Å². The molecule has 5 heteroatoms. The maximum Gasteiger partial charge on any atom is 0.310 e. The van der Waals surface area contributed by atoms with Crippen LogP contribution in [0.2, 0.25) is 0 Å². The molecule has 1 unspecified atom stereocenters. The lowest BCUT2D eigenvalue weighted by Gasteiger charge is -2.24. The Morgan fingerprint density at radius 2 is 2.07 bits per heavy atom. The number of hydrogen-bond donors (Lipinski definition) is 1. The number of rotatable bonds is 2. The van der Waals surface area contributed by atoms with Gasteiger partial charge in [-0.15, -0.1) is 0 Å². The lowest BCUT2D eigenvalue weighted by Crippen LogP contribution is -2.44. The fourth-order valence-electron chi connectivity index (χ4n) is 1.69. The molecule has 0 aromatic heterocycles. The highest BCUT2D eigenvalue weighted by Crippen LogP contribution is 2.20. The Bertz CT molecular complexity index is 269. The van der Waals surface area contributed by atoms with Crippen molar-refractivity contribution < 1.29 is 19.4 Å². The van der Waals surface area contributed by atoms with Gasteiger partial charge in [-0.05, 0) is 20.3 Å². The predicted octanol–water partition coefficient (Wildman–Crippen LogP) is -0.221. The van der Waals surface area contributed by atoms with Gasteiger partial charge in [0.1, 0.15) is 5.60 Å². The first kappa shape index (κ1) is 12.0. The van der Waals surface area contributed by atoms with Crippen molar-refractivity contribution in [2.24, 2.45) is 5.92 Å². The maximum absolute atomic E-state index is 11.6. The molecule has 0 aromatic carbocycles. The van der Waals surface area contributed by atoms with E-state index in [4.69, 9.17) is 0 Å². The van der Waals surface area contributed by atoms with Crippen LogP contribution in [0.15, 0.2) is 0 Å². The molecular formula is C10H17NO4. The molecule has 15 heavy (non-hydrogen) atoms. The summed E-state index contributed by atoms with van der Waals surface area (Å²) in [5.74, 6) is -0.878. The van der Waals surface area contributed by atoms with E-state index in [1.807, 2.05) is 0 Å². The molecule has 86 valence electrons. The lowest BCUT2D eigenvalue weighted by atomic mass is 10.1. The summed E-state index contributed by atoms with van der Waals surface area (Å²) < 4.78 is 4.61. The van der Waals surface area contributed by atoms with E-state index in [2.05, 4.69) is 4.74 Å². The van der Waals surface area contributed by atoms with E-state index in [0.29, 0.717) is 19.5 Å². The number of carbonyl (C=O) groups is 2. The molecule has 1 heterocycles. The summed E-state index contributed by atoms with van der Waals surface area (Å²) in [6.45, 7) is 3.74. The summed E-state index contributed by atoms with van der Waals surface area (Å²) in [6, 6.07) is 0. The Morgan fingerprint density at radius 1 is 1.47 bits per heavy atom. The van der Waals surface area contributed by atoms with E-state index >= 15 is 0 Å². The fourth-order valence-corrected chi connectivity index (χ4v) is 1.69. The van der Waals surface area contributed by atoms with Gasteiger partial charge in [-0.25, -0.2) is 0 Å². The minimum absolute atomic E-state index is 0.249. The third kappa shape index (κ3) is 2.68. The Labute approximate surface area is 89.0 Å². The SMILES string of the molecule is COC(=O)C1CCN(C(=O)C(C)(C)O)C1. The molecular weight excluding hydrogens is 198 g/mol. The zero-order chi connectivity index (χ0) is 11.6. The number of hydrogen-bond acceptors (Lipinski definition) is 4. The molecule has 1 saturated heterocycles. The van der Waals surface area contributed by atoms with Crippen LogP contribution >= 0.6 is 0 Å². The van der Waals surface area contributed by atoms with Gasteiger partial charge in [0.15, 0.2) is 0 Å². The third-order valence-electron chi connectivity index (χ3n) is 2.53. The van der Waals surface area contributed by atoms with E-state index in [1.165, 1.54) is 25.9 Å². The number of likely N-dealkylation sites (tertiary alicyclic amines) is 1. The number of amides is 1. The molecule has 0 radical (unpaired) electrons. The molecule has 0 saturated carbocycles. The monoisotopic (exact) mass is 215 g/mol. The Kier molecular flexibility index (Phi) is 3.34. The van der Waals surface area contributed by atoms with Gasteiger partial charge in [0.25, 0.3) is 5.91 Å². The van der Waals surface area contributed by atoms with Crippen molar-refractivity contribution in [1.29, 1.82) is 0 Å². The van der Waals surface area contributed by atoms with Crippen LogP contribution in [0.4, 0.5) is 0 Å². The van der Waals surface area contributed by atoms with Gasteiger partial charge < -0.3 is 14.7 Å². The van der Waals surface area contributed by atoms with Crippen LogP contribution < -0.4 is 0 Å². The summed E-state index contributed by atoms with van der Waals surface area (Å²) in [6.07, 6.45) is 0.606. The van der Waals surface area contributed by atoms with Crippen molar-refractivity contribution in [3.05, 3.63) is 0 Å². The van der Waals surface area contributed by atoms with Crippen LogP contribution in [0.5, 0.6) is 0 Å². The van der Waals surface area contributed by atoms with Gasteiger partial charge in [-0.2, -0.15) is 0 Å². The Morgan fingerprint density at radius 3 is 2.53 bits per heavy atom. The second-order valence-corrected chi connectivity index (χ2v) is 4.32. The van der Waals surface area contributed by atoms with Crippen LogP contribution in [0.25, 0.3) is 0 Å². The molecule has 1 amide bonds. The van der Waals surface area contributed by atoms with E-state index in [-0.39, 0.29) is 17.8 Å². The first-order chi connectivity index (χ1) is 6.86. The van der Waals surface area contributed by atoms with Gasteiger partial charge >= 0.3 is 5.97 Å². The van der Waals surface area contributed by atoms with Crippen molar-refractivity contribution in [2.75, 3.05) is 20.2 Å². The van der Waals surface area contributed by atoms with Gasteiger partial charge in [-0.3, -0.25) is 9.59 Å². The number of esters is 1. The van der Waals surface area contributed by atoms with E-state index in [9.17, 15) is 14.7 Å². The molecule has 0 aliphatic carbocycles. The lowest BCUT2D eigenvalue weighted by molar-refractivity contribution is -0.148. The average Bonchev–Trinajstić information content (AvgIpc) is 2.62. The summed E-state index contributed by atoms with van der Waals surface area (Å²) in [5.41, 5.74) is -1.37. The molecule has 0 bridgehead atoms. The van der Waals surface area contributed by atoms with Gasteiger partial charge in [-0.1, -0.05) is 0 Å². The average molecular weight is 215 g/mol. The van der Waals surface area contributed by atoms with E-state index in [1.54, 1.807) is 0 Å². The summed E-state index contributed by atoms with van der Waals surface area (Å²) >= 11 is 0. The zero-order valence-electron chi connectivity index (χ0n) is 9.32. The smallest absolute Gasteiger partial charge is 0.310 e. The molecule has 1 rings (SSSR count). The van der Waals surface area contributed by atoms with Crippen molar-refractivity contribution in [3.63, 3.8) is 0 Å². The Balaban J connectivity index is 2.57. The van der Waals surface area contributed by atoms with E-state index < -0.39 is 5.60 Å². The van der Waals surface area contributed by atoms with E-state index in [0.717, 1.165) is 0 Å². The van der Waals surface area contributed by atoms with Gasteiger partial charge in [0.05, 0.1) is 13.0 Å². The number of methoxy groups -OCH3 is 1. The largest absolute Gasteiger partial charge is 0.469 e. The molecule has 1 fully saturated rings. The van der Waals surface area contributed by atoms with Crippen molar-refractivity contribution >= 4 is 11.9 Å². The number of nitrogens with zero attached hydrogens (tertiary/aromatic N) is 1. The molecule has 0 aromatic rings. The molecule has 1 aliphatic rings. The fraction of sp³-hybridized carbons (Fsp3) is 0.800. The molecule has 1 atom stereocenters. The van der Waals surface area contributed by atoms with Crippen molar-refractivity contribution in [2.45, 2.75) is 25.9 Å². The summed E-state index contributed by atoms with van der Waals surface area (Å²) in [7, 11) is 1.34. The van der Waals surface area contributed by atoms with Crippen LogP contribution in [-0.4, -0.2) is 47.7 Å². The highest BCUT2D eigenvalue weighted by molar-refractivity contribution is 5.85. The van der Waals surface area contributed by atoms with Crippen molar-refractivity contribution in [1.82, 2.24) is 4.90 Å². The van der Waals surface area contributed by atoms with Crippen LogP contribution in [0.3, 0.4) is 0 Å². The highest BCUT2D eigenvalue weighted by atomic mass is 16.5. The topological polar surface area (TPSA) is 66.8 Å². The third-order valence-corrected chi connectivity index (χ3v) is 2.53. The summed E-state index contributed by atoms with van der Waals surface area (Å²) in [4.78, 5) is 24.4. The highest BCUT2D eigenvalue weighted by Gasteiger charge is 2.36. The predicted molar refractivity (Wildman–Crippen MR) is 53.0 cm³/mol. The zero-order valence-corrected chi connectivity index (χ0v) is 9.32. The number of carbonyl (C=O) groups excluding carboxylic acids is 2. The molecule has 0 spiro atoms. The normalized spacial score (nSPS) is 21.6. The van der Waals surface area contributed by atoms with Crippen molar-refractivity contribution in [3.8, 4) is 0 Å². The second-order valence-electron chi connectivity index (χ2n) is 4.32. The minimum Gasteiger partial charge on any atom is -0.469 e. The number of aliphatic hydroxyl groups is 1. The Hall–Kier alpha value is -1.10. The minimum atomic E-state index is -1.37. The second kappa shape index (κ2) is 4.18. The van der Waals surface area contributed by atoms with Crippen LogP contribution in [-0.2, 0) is 14.3 Å². The molecule has 1 aliphatic heterocycles. The maximum atomic E-state index is 11.6. The summed E-state index contributed by atoms with van der Waals surface area (Å²) in [5, 5.41) is 9.52. The van der Waals surface area contributed by atoms with Crippen LogP contribution in [0.1, 0.15) is 20.3 Å². The quantitative estimate of drug-likeness (QED) is 0.647. The number of ether oxygens (including phenoxy) is 1. The standard InChI is InChI=1S/C10H17NO4/c1-10(2,14)9(13)11-5-4-7(6-11)8(12)15-3/h7,14H,4-6H2,1-3H3. The van der Waals surface area contributed by atoms with Gasteiger partial charge in [0.2, 0.25) is 0 Å². The van der Waals surface area contributed by atoms with Gasteiger partial charge in [0, 0.05) is 13.1 Å². The molecule has 5 nitrogen and oxygen atoms in total. The first-order valence-electron chi connectivity index (χ1n) is 4.96. The first-order valence-corrected chi connectivity index (χ1v) is 4.96. The molecule has 1 N–H and O–H groups in total.